The Morgan fingerprint density at radius 2 is 1.85 bits per heavy atom. The van der Waals surface area contributed by atoms with Crippen molar-refractivity contribution in [1.82, 2.24) is 10.2 Å². The van der Waals surface area contributed by atoms with Gasteiger partial charge >= 0.3 is 0 Å². The first-order valence-electron chi connectivity index (χ1n) is 7.43. The van der Waals surface area contributed by atoms with Gasteiger partial charge in [0.05, 0.1) is 13.2 Å². The van der Waals surface area contributed by atoms with Crippen LogP contribution in [0.25, 0.3) is 0 Å². The number of methoxy groups -OCH3 is 1. The summed E-state index contributed by atoms with van der Waals surface area (Å²) < 4.78 is 5.12. The van der Waals surface area contributed by atoms with Crippen LogP contribution < -0.4 is 5.32 Å². The Kier molecular flexibility index (Phi) is 5.87. The van der Waals surface area contributed by atoms with Gasteiger partial charge in [0, 0.05) is 26.7 Å². The van der Waals surface area contributed by atoms with Crippen LogP contribution in [-0.4, -0.2) is 37.6 Å². The zero-order valence-corrected chi connectivity index (χ0v) is 12.6. The highest BCUT2D eigenvalue weighted by Crippen LogP contribution is 2.10. The molecule has 0 radical (unpaired) electrons. The fourth-order valence-corrected chi connectivity index (χ4v) is 2.43. The van der Waals surface area contributed by atoms with Crippen LogP contribution in [0.15, 0.2) is 29.3 Å². The molecule has 1 saturated heterocycles. The maximum absolute atomic E-state index is 5.12. The van der Waals surface area contributed by atoms with Gasteiger partial charge in [-0.05, 0) is 30.9 Å². The van der Waals surface area contributed by atoms with Crippen molar-refractivity contribution >= 4 is 5.96 Å². The standard InChI is InChI=1S/C16H25N3O/c1-3-17-16(19-10-4-5-11-19)18-12-14-6-8-15(9-7-14)13-20-2/h6-9H,3-5,10-13H2,1-2H3,(H,17,18). The SMILES string of the molecule is CCNC(=NCc1ccc(COC)cc1)N1CCCC1. The molecule has 4 nitrogen and oxygen atoms in total. The molecule has 4 heteroatoms. The molecule has 20 heavy (non-hydrogen) atoms. The van der Waals surface area contributed by atoms with Gasteiger partial charge in [-0.1, -0.05) is 24.3 Å². The van der Waals surface area contributed by atoms with E-state index in [1.54, 1.807) is 7.11 Å². The van der Waals surface area contributed by atoms with E-state index in [1.807, 2.05) is 0 Å². The lowest BCUT2D eigenvalue weighted by molar-refractivity contribution is 0.185. The van der Waals surface area contributed by atoms with Crippen molar-refractivity contribution in [2.24, 2.45) is 4.99 Å². The second-order valence-corrected chi connectivity index (χ2v) is 5.11. The van der Waals surface area contributed by atoms with Crippen LogP contribution in [0.4, 0.5) is 0 Å². The molecule has 1 aromatic carbocycles. The zero-order chi connectivity index (χ0) is 14.2. The lowest BCUT2D eigenvalue weighted by Crippen LogP contribution is -2.39. The number of nitrogens with one attached hydrogen (secondary N) is 1. The fourth-order valence-electron chi connectivity index (χ4n) is 2.43. The second kappa shape index (κ2) is 7.90. The van der Waals surface area contributed by atoms with E-state index in [-0.39, 0.29) is 0 Å². The van der Waals surface area contributed by atoms with Crippen molar-refractivity contribution in [1.29, 1.82) is 0 Å². The highest BCUT2D eigenvalue weighted by atomic mass is 16.5. The van der Waals surface area contributed by atoms with E-state index in [0.29, 0.717) is 6.61 Å². The van der Waals surface area contributed by atoms with E-state index in [1.165, 1.54) is 24.0 Å². The molecule has 1 fully saturated rings. The molecule has 0 atom stereocenters. The van der Waals surface area contributed by atoms with Crippen LogP contribution in [0.3, 0.4) is 0 Å². The van der Waals surface area contributed by atoms with Gasteiger partial charge in [-0.2, -0.15) is 0 Å². The summed E-state index contributed by atoms with van der Waals surface area (Å²) in [5.74, 6) is 1.05. The number of rotatable bonds is 5. The maximum Gasteiger partial charge on any atom is 0.194 e. The van der Waals surface area contributed by atoms with Crippen molar-refractivity contribution < 1.29 is 4.74 Å². The van der Waals surface area contributed by atoms with Crippen LogP contribution >= 0.6 is 0 Å². The molecule has 1 aliphatic rings. The molecule has 1 N–H and O–H groups in total. The van der Waals surface area contributed by atoms with Crippen molar-refractivity contribution in [3.63, 3.8) is 0 Å². The zero-order valence-electron chi connectivity index (χ0n) is 12.6. The molecule has 1 heterocycles. The first kappa shape index (κ1) is 14.9. The third-order valence-corrected chi connectivity index (χ3v) is 3.49. The van der Waals surface area contributed by atoms with Gasteiger partial charge in [-0.25, -0.2) is 4.99 Å². The van der Waals surface area contributed by atoms with Gasteiger partial charge in [-0.3, -0.25) is 0 Å². The highest BCUT2D eigenvalue weighted by molar-refractivity contribution is 5.80. The molecule has 1 aromatic rings. The van der Waals surface area contributed by atoms with Crippen LogP contribution in [-0.2, 0) is 17.9 Å². The molecule has 2 rings (SSSR count). The number of likely N-dealkylation sites (tertiary alicyclic amines) is 1. The third kappa shape index (κ3) is 4.23. The van der Waals surface area contributed by atoms with Crippen LogP contribution in [0.2, 0.25) is 0 Å². The average Bonchev–Trinajstić information content (AvgIpc) is 2.99. The quantitative estimate of drug-likeness (QED) is 0.662. The minimum atomic E-state index is 0.667. The summed E-state index contributed by atoms with van der Waals surface area (Å²) in [4.78, 5) is 7.09. The predicted octanol–water partition coefficient (Wildman–Crippen LogP) is 2.39. The van der Waals surface area contributed by atoms with Crippen molar-refractivity contribution in [3.8, 4) is 0 Å². The van der Waals surface area contributed by atoms with E-state index in [2.05, 4.69) is 41.4 Å². The molecule has 0 amide bonds. The molecule has 0 saturated carbocycles. The Labute approximate surface area is 121 Å². The van der Waals surface area contributed by atoms with Gasteiger partial charge in [-0.15, -0.1) is 0 Å². The fraction of sp³-hybridized carbons (Fsp3) is 0.562. The molecule has 1 aliphatic heterocycles. The number of benzene rings is 1. The molecule has 0 unspecified atom stereocenters. The predicted molar refractivity (Wildman–Crippen MR) is 82.8 cm³/mol. The Morgan fingerprint density at radius 3 is 2.45 bits per heavy atom. The molecule has 0 aliphatic carbocycles. The second-order valence-electron chi connectivity index (χ2n) is 5.11. The lowest BCUT2D eigenvalue weighted by atomic mass is 10.1. The third-order valence-electron chi connectivity index (χ3n) is 3.49. The van der Waals surface area contributed by atoms with E-state index in [4.69, 9.17) is 9.73 Å². The normalized spacial score (nSPS) is 15.7. The molecule has 110 valence electrons. The number of aliphatic imine (C=N–C) groups is 1. The number of hydrogen-bond acceptors (Lipinski definition) is 2. The summed E-state index contributed by atoms with van der Waals surface area (Å²) in [6, 6.07) is 8.48. The monoisotopic (exact) mass is 275 g/mol. The highest BCUT2D eigenvalue weighted by Gasteiger charge is 2.15. The first-order chi connectivity index (χ1) is 9.83. The lowest BCUT2D eigenvalue weighted by Gasteiger charge is -2.20. The van der Waals surface area contributed by atoms with Gasteiger partial charge < -0.3 is 15.0 Å². The van der Waals surface area contributed by atoms with Crippen LogP contribution in [0.5, 0.6) is 0 Å². The molecule has 0 aromatic heterocycles. The summed E-state index contributed by atoms with van der Waals surface area (Å²) in [5, 5.41) is 3.38. The molecular formula is C16H25N3O. The smallest absolute Gasteiger partial charge is 0.194 e. The van der Waals surface area contributed by atoms with Gasteiger partial charge in [0.15, 0.2) is 5.96 Å². The number of hydrogen-bond donors (Lipinski definition) is 1. The maximum atomic E-state index is 5.12. The van der Waals surface area contributed by atoms with E-state index >= 15 is 0 Å². The van der Waals surface area contributed by atoms with Gasteiger partial charge in [0.2, 0.25) is 0 Å². The summed E-state index contributed by atoms with van der Waals surface area (Å²) in [6.45, 7) is 6.68. The summed E-state index contributed by atoms with van der Waals surface area (Å²) >= 11 is 0. The molecular weight excluding hydrogens is 250 g/mol. The number of nitrogens with zero attached hydrogens (tertiary/aromatic N) is 2. The van der Waals surface area contributed by atoms with Crippen molar-refractivity contribution in [2.75, 3.05) is 26.7 Å². The van der Waals surface area contributed by atoms with E-state index in [9.17, 15) is 0 Å². The summed E-state index contributed by atoms with van der Waals surface area (Å²) in [6.07, 6.45) is 2.55. The average molecular weight is 275 g/mol. The van der Waals surface area contributed by atoms with Crippen molar-refractivity contribution in [3.05, 3.63) is 35.4 Å². The largest absolute Gasteiger partial charge is 0.380 e. The minimum Gasteiger partial charge on any atom is -0.380 e. The minimum absolute atomic E-state index is 0.667. The topological polar surface area (TPSA) is 36.9 Å². The van der Waals surface area contributed by atoms with Gasteiger partial charge in [0.1, 0.15) is 0 Å². The summed E-state index contributed by atoms with van der Waals surface area (Å²) in [7, 11) is 1.72. The van der Waals surface area contributed by atoms with Crippen LogP contribution in [0.1, 0.15) is 30.9 Å². The number of guanidine groups is 1. The first-order valence-corrected chi connectivity index (χ1v) is 7.43. The van der Waals surface area contributed by atoms with E-state index in [0.717, 1.165) is 32.1 Å². The van der Waals surface area contributed by atoms with Gasteiger partial charge in [0.25, 0.3) is 0 Å². The molecule has 0 spiro atoms. The Morgan fingerprint density at radius 1 is 1.20 bits per heavy atom. The van der Waals surface area contributed by atoms with Crippen molar-refractivity contribution in [2.45, 2.75) is 32.9 Å². The van der Waals surface area contributed by atoms with E-state index < -0.39 is 0 Å². The molecule has 0 bridgehead atoms. The Balaban J connectivity index is 1.97. The Hall–Kier alpha value is -1.55. The number of ether oxygens (including phenoxy) is 1. The summed E-state index contributed by atoms with van der Waals surface area (Å²) in [5.41, 5.74) is 2.44. The van der Waals surface area contributed by atoms with Crippen LogP contribution in [0, 0.1) is 0 Å². The Bertz CT molecular complexity index is 422.